The fourth-order valence-electron chi connectivity index (χ4n) is 6.55. The largest absolute Gasteiger partial charge is 0.0654 e. The van der Waals surface area contributed by atoms with Crippen molar-refractivity contribution < 1.29 is 0 Å². The normalized spacial score (nSPS) is 12.4. The van der Waals surface area contributed by atoms with Gasteiger partial charge < -0.3 is 0 Å². The van der Waals surface area contributed by atoms with Crippen LogP contribution in [0.3, 0.4) is 0 Å². The summed E-state index contributed by atoms with van der Waals surface area (Å²) < 4.78 is 0. The molecule has 1 unspecified atom stereocenters. The van der Waals surface area contributed by atoms with E-state index in [0.717, 1.165) is 5.92 Å². The first-order valence-corrected chi connectivity index (χ1v) is 19.3. The molecule has 0 nitrogen and oxygen atoms in total. The maximum atomic E-state index is 2.35. The lowest BCUT2D eigenvalue weighted by atomic mass is 9.89. The van der Waals surface area contributed by atoms with Gasteiger partial charge in [-0.05, 0) is 5.92 Å². The van der Waals surface area contributed by atoms with Gasteiger partial charge in [0.1, 0.15) is 0 Å². The van der Waals surface area contributed by atoms with Crippen LogP contribution in [0.2, 0.25) is 0 Å². The number of hydrogen-bond acceptors (Lipinski definition) is 0. The van der Waals surface area contributed by atoms with Crippen molar-refractivity contribution in [3.63, 3.8) is 0 Å². The fourth-order valence-corrected chi connectivity index (χ4v) is 6.55. The van der Waals surface area contributed by atoms with E-state index in [0.29, 0.717) is 0 Å². The molecule has 0 saturated carbocycles. The third-order valence-corrected chi connectivity index (χ3v) is 9.40. The summed E-state index contributed by atoms with van der Waals surface area (Å²) in [6.07, 6.45) is 51.8. The molecule has 1 atom stereocenters. The molecule has 0 fully saturated rings. The molecule has 0 aliphatic rings. The molecule has 0 aromatic carbocycles. The van der Waals surface area contributed by atoms with Crippen molar-refractivity contribution >= 4 is 0 Å². The van der Waals surface area contributed by atoms with Crippen molar-refractivity contribution in [3.05, 3.63) is 0 Å². The summed E-state index contributed by atoms with van der Waals surface area (Å²) in [5.74, 6) is 1.04. The van der Waals surface area contributed by atoms with Crippen LogP contribution in [0.15, 0.2) is 0 Å². The van der Waals surface area contributed by atoms with E-state index >= 15 is 0 Å². The second-order valence-corrected chi connectivity index (χ2v) is 13.5. The van der Waals surface area contributed by atoms with Gasteiger partial charge in [0.25, 0.3) is 0 Å². The maximum absolute atomic E-state index is 2.35. The van der Waals surface area contributed by atoms with Crippen LogP contribution < -0.4 is 0 Å². The van der Waals surface area contributed by atoms with Crippen LogP contribution >= 0.6 is 0 Å². The molecule has 39 heavy (non-hydrogen) atoms. The Labute approximate surface area is 251 Å². The molecule has 0 aliphatic heterocycles. The summed E-state index contributed by atoms with van der Waals surface area (Å²) in [7, 11) is 0. The van der Waals surface area contributed by atoms with Crippen LogP contribution in [0.25, 0.3) is 0 Å². The minimum Gasteiger partial charge on any atom is -0.0654 e. The summed E-state index contributed by atoms with van der Waals surface area (Å²) in [5.41, 5.74) is 0. The van der Waals surface area contributed by atoms with E-state index in [4.69, 9.17) is 0 Å². The third-order valence-electron chi connectivity index (χ3n) is 9.40. The second-order valence-electron chi connectivity index (χ2n) is 13.5. The molecule has 0 rings (SSSR count). The van der Waals surface area contributed by atoms with Crippen LogP contribution in [-0.4, -0.2) is 0 Å². The zero-order valence-electron chi connectivity index (χ0n) is 28.3. The SMILES string of the molecule is CCCCCCCCCCCCCCCCCCCCCC(CCCCCC)CCCCCCCCCCC. The Bertz CT molecular complexity index is 399. The predicted octanol–water partition coefficient (Wildman–Crippen LogP) is 15.3. The average molecular weight is 549 g/mol. The molecule has 0 spiro atoms. The zero-order chi connectivity index (χ0) is 28.3. The van der Waals surface area contributed by atoms with Gasteiger partial charge in [-0.1, -0.05) is 245 Å². The van der Waals surface area contributed by atoms with Crippen molar-refractivity contribution in [2.45, 2.75) is 245 Å². The Morgan fingerprint density at radius 3 is 0.564 bits per heavy atom. The first kappa shape index (κ1) is 39.0. The van der Waals surface area contributed by atoms with Gasteiger partial charge in [-0.15, -0.1) is 0 Å². The molecule has 0 heterocycles. The van der Waals surface area contributed by atoms with Crippen molar-refractivity contribution in [1.82, 2.24) is 0 Å². The topological polar surface area (TPSA) is 0 Å². The van der Waals surface area contributed by atoms with E-state index in [-0.39, 0.29) is 0 Å². The van der Waals surface area contributed by atoms with Crippen LogP contribution in [0.5, 0.6) is 0 Å². The molecule has 0 aromatic heterocycles. The summed E-state index contributed by atoms with van der Waals surface area (Å²) in [5, 5.41) is 0. The van der Waals surface area contributed by atoms with E-state index in [1.54, 1.807) is 0 Å². The molecule has 0 aliphatic carbocycles. The molecule has 0 amide bonds. The van der Waals surface area contributed by atoms with Crippen LogP contribution in [0.1, 0.15) is 245 Å². The van der Waals surface area contributed by atoms with Crippen LogP contribution in [-0.2, 0) is 0 Å². The lowest BCUT2D eigenvalue weighted by molar-refractivity contribution is 0.366. The van der Waals surface area contributed by atoms with Crippen molar-refractivity contribution in [2.75, 3.05) is 0 Å². The Balaban J connectivity index is 3.54. The van der Waals surface area contributed by atoms with E-state index in [1.165, 1.54) is 225 Å². The monoisotopic (exact) mass is 549 g/mol. The van der Waals surface area contributed by atoms with Gasteiger partial charge in [0.2, 0.25) is 0 Å². The van der Waals surface area contributed by atoms with E-state index in [2.05, 4.69) is 20.8 Å². The molecule has 0 heteroatoms. The maximum Gasteiger partial charge on any atom is -0.0414 e. The Kier molecular flexibility index (Phi) is 36.0. The molecule has 0 N–H and O–H groups in total. The first-order valence-electron chi connectivity index (χ1n) is 19.3. The molecule has 0 aromatic rings. The zero-order valence-corrected chi connectivity index (χ0v) is 28.3. The smallest absolute Gasteiger partial charge is 0.0414 e. The van der Waals surface area contributed by atoms with Gasteiger partial charge in [0.05, 0.1) is 0 Å². The van der Waals surface area contributed by atoms with Gasteiger partial charge in [0.15, 0.2) is 0 Å². The minimum absolute atomic E-state index is 1.04. The van der Waals surface area contributed by atoms with Crippen molar-refractivity contribution in [1.29, 1.82) is 0 Å². The predicted molar refractivity (Wildman–Crippen MR) is 182 cm³/mol. The Hall–Kier alpha value is 0. The molecular weight excluding hydrogens is 468 g/mol. The third kappa shape index (κ3) is 34.1. The standard InChI is InChI=1S/C39H80/c1-4-7-10-13-15-17-18-19-20-21-22-23-24-25-26-28-30-32-35-38-39(36-33-12-9-6-3)37-34-31-29-27-16-14-11-8-5-2/h39H,4-38H2,1-3H3. The Morgan fingerprint density at radius 1 is 0.205 bits per heavy atom. The van der Waals surface area contributed by atoms with E-state index in [9.17, 15) is 0 Å². The molecule has 0 bridgehead atoms. The molecular formula is C39H80. The highest BCUT2D eigenvalue weighted by Gasteiger charge is 2.08. The summed E-state index contributed by atoms with van der Waals surface area (Å²) in [6.45, 7) is 6.98. The minimum atomic E-state index is 1.04. The summed E-state index contributed by atoms with van der Waals surface area (Å²) in [6, 6.07) is 0. The number of rotatable bonds is 35. The van der Waals surface area contributed by atoms with Crippen molar-refractivity contribution in [2.24, 2.45) is 5.92 Å². The second kappa shape index (κ2) is 36.0. The number of unbranched alkanes of at least 4 members (excludes halogenated alkanes) is 29. The Morgan fingerprint density at radius 2 is 0.359 bits per heavy atom. The molecule has 236 valence electrons. The van der Waals surface area contributed by atoms with Gasteiger partial charge >= 0.3 is 0 Å². The highest BCUT2D eigenvalue weighted by Crippen LogP contribution is 2.25. The quantitative estimate of drug-likeness (QED) is 0.0691. The lowest BCUT2D eigenvalue weighted by Gasteiger charge is -2.17. The number of hydrogen-bond donors (Lipinski definition) is 0. The van der Waals surface area contributed by atoms with Gasteiger partial charge in [-0.3, -0.25) is 0 Å². The highest BCUT2D eigenvalue weighted by molar-refractivity contribution is 4.62. The van der Waals surface area contributed by atoms with Gasteiger partial charge in [-0.25, -0.2) is 0 Å². The van der Waals surface area contributed by atoms with Crippen molar-refractivity contribution in [3.8, 4) is 0 Å². The lowest BCUT2D eigenvalue weighted by Crippen LogP contribution is -2.01. The van der Waals surface area contributed by atoms with Crippen LogP contribution in [0.4, 0.5) is 0 Å². The van der Waals surface area contributed by atoms with Gasteiger partial charge in [-0.2, -0.15) is 0 Å². The summed E-state index contributed by atoms with van der Waals surface area (Å²) in [4.78, 5) is 0. The highest BCUT2D eigenvalue weighted by atomic mass is 14.1. The molecule has 0 saturated heterocycles. The summed E-state index contributed by atoms with van der Waals surface area (Å²) >= 11 is 0. The van der Waals surface area contributed by atoms with Gasteiger partial charge in [0, 0.05) is 0 Å². The average Bonchev–Trinajstić information content (AvgIpc) is 2.95. The molecule has 0 radical (unpaired) electrons. The van der Waals surface area contributed by atoms with Crippen LogP contribution in [0, 0.1) is 5.92 Å². The first-order chi connectivity index (χ1) is 19.3. The fraction of sp³-hybridized carbons (Fsp3) is 1.00. The van der Waals surface area contributed by atoms with E-state index in [1.807, 2.05) is 0 Å². The van der Waals surface area contributed by atoms with E-state index < -0.39 is 0 Å².